The molecule has 2 amide bonds. The van der Waals surface area contributed by atoms with Gasteiger partial charge < -0.3 is 9.80 Å². The largest absolute Gasteiger partial charge is 0.342 e. The second-order valence-electron chi connectivity index (χ2n) is 6.64. The van der Waals surface area contributed by atoms with Crippen LogP contribution in [0.3, 0.4) is 0 Å². The Morgan fingerprint density at radius 2 is 1.20 bits per heavy atom. The van der Waals surface area contributed by atoms with Crippen LogP contribution in [0.2, 0.25) is 0 Å². The maximum Gasteiger partial charge on any atom is 0.227 e. The molecule has 1 aliphatic carbocycles. The zero-order valence-corrected chi connectivity index (χ0v) is 12.4. The van der Waals surface area contributed by atoms with Gasteiger partial charge in [-0.25, -0.2) is 0 Å². The van der Waals surface area contributed by atoms with Crippen LogP contribution < -0.4 is 0 Å². The number of piperidine rings is 1. The fraction of sp³-hybridized carbons (Fsp3) is 0.875. The Kier molecular flexibility index (Phi) is 4.27. The first kappa shape index (κ1) is 13.9. The number of carbonyl (C=O) groups excluding carboxylic acids is 2. The zero-order chi connectivity index (χ0) is 13.9. The highest BCUT2D eigenvalue weighted by molar-refractivity contribution is 5.82. The summed E-state index contributed by atoms with van der Waals surface area (Å²) in [6, 6.07) is 0. The third-order valence-electron chi connectivity index (χ3n) is 5.20. The van der Waals surface area contributed by atoms with Gasteiger partial charge in [-0.05, 0) is 38.5 Å². The molecule has 2 heterocycles. The molecule has 0 unspecified atom stereocenters. The molecular weight excluding hydrogens is 252 g/mol. The van der Waals surface area contributed by atoms with E-state index in [1.807, 2.05) is 9.80 Å². The monoisotopic (exact) mass is 278 g/mol. The van der Waals surface area contributed by atoms with E-state index in [1.54, 1.807) is 0 Å². The molecular formula is C16H26N2O2. The second-order valence-corrected chi connectivity index (χ2v) is 6.64. The average molecular weight is 278 g/mol. The summed E-state index contributed by atoms with van der Waals surface area (Å²) in [6.07, 6.45) is 8.74. The van der Waals surface area contributed by atoms with Crippen molar-refractivity contribution in [3.63, 3.8) is 0 Å². The Balaban J connectivity index is 1.58. The van der Waals surface area contributed by atoms with Gasteiger partial charge in [0.1, 0.15) is 0 Å². The van der Waals surface area contributed by atoms with Crippen molar-refractivity contribution in [2.75, 3.05) is 26.2 Å². The number of hydrogen-bond acceptors (Lipinski definition) is 2. The van der Waals surface area contributed by atoms with Crippen LogP contribution in [0.15, 0.2) is 0 Å². The molecule has 0 aromatic heterocycles. The fourth-order valence-electron chi connectivity index (χ4n) is 4.01. The van der Waals surface area contributed by atoms with Crippen LogP contribution in [0.5, 0.6) is 0 Å². The first-order valence-electron chi connectivity index (χ1n) is 8.33. The van der Waals surface area contributed by atoms with Crippen LogP contribution in [-0.4, -0.2) is 47.8 Å². The summed E-state index contributed by atoms with van der Waals surface area (Å²) in [5, 5.41) is 0. The molecule has 0 aromatic rings. The Morgan fingerprint density at radius 3 is 1.90 bits per heavy atom. The van der Waals surface area contributed by atoms with Gasteiger partial charge in [-0.3, -0.25) is 9.59 Å². The Hall–Kier alpha value is -1.06. The Bertz CT molecular complexity index is 337. The molecule has 0 aromatic carbocycles. The van der Waals surface area contributed by atoms with E-state index >= 15 is 0 Å². The van der Waals surface area contributed by atoms with Gasteiger partial charge in [0.15, 0.2) is 0 Å². The number of hydrogen-bond donors (Lipinski definition) is 0. The van der Waals surface area contributed by atoms with Crippen LogP contribution in [0.1, 0.15) is 51.4 Å². The summed E-state index contributed by atoms with van der Waals surface area (Å²) < 4.78 is 0. The maximum absolute atomic E-state index is 12.5. The molecule has 0 N–H and O–H groups in total. The van der Waals surface area contributed by atoms with Crippen LogP contribution in [0.25, 0.3) is 0 Å². The molecule has 4 nitrogen and oxygen atoms in total. The van der Waals surface area contributed by atoms with Gasteiger partial charge in [0.25, 0.3) is 0 Å². The normalized spacial score (nSPS) is 28.1. The molecule has 0 radical (unpaired) electrons. The number of carbonyl (C=O) groups is 2. The molecule has 0 bridgehead atoms. The van der Waals surface area contributed by atoms with Gasteiger partial charge in [0.2, 0.25) is 11.8 Å². The van der Waals surface area contributed by atoms with E-state index in [2.05, 4.69) is 0 Å². The predicted molar refractivity (Wildman–Crippen MR) is 77.1 cm³/mol. The summed E-state index contributed by atoms with van der Waals surface area (Å²) in [7, 11) is 0. The van der Waals surface area contributed by atoms with E-state index in [0.717, 1.165) is 58.2 Å². The van der Waals surface area contributed by atoms with E-state index in [-0.39, 0.29) is 11.8 Å². The molecule has 1 atom stereocenters. The Labute approximate surface area is 121 Å². The lowest BCUT2D eigenvalue weighted by Gasteiger charge is -2.35. The third kappa shape index (κ3) is 2.84. The maximum atomic E-state index is 12.5. The molecule has 20 heavy (non-hydrogen) atoms. The average Bonchev–Trinajstić information content (AvgIpc) is 3.18. The minimum atomic E-state index is 0.0622. The standard InChI is InChI=1S/C16H26N2O2/c19-15(13-6-1-2-7-13)18-11-5-8-14(12-18)16(20)17-9-3-4-10-17/h13-14H,1-12H2/t14-/m0/s1. The van der Waals surface area contributed by atoms with Crippen molar-refractivity contribution in [2.45, 2.75) is 51.4 Å². The quantitative estimate of drug-likeness (QED) is 0.775. The van der Waals surface area contributed by atoms with E-state index in [9.17, 15) is 9.59 Å². The van der Waals surface area contributed by atoms with Gasteiger partial charge in [-0.1, -0.05) is 12.8 Å². The van der Waals surface area contributed by atoms with Crippen molar-refractivity contribution in [3.8, 4) is 0 Å². The molecule has 4 heteroatoms. The van der Waals surface area contributed by atoms with Crippen molar-refractivity contribution in [3.05, 3.63) is 0 Å². The van der Waals surface area contributed by atoms with Crippen LogP contribution in [-0.2, 0) is 9.59 Å². The second kappa shape index (κ2) is 6.15. The number of nitrogens with zero attached hydrogens (tertiary/aromatic N) is 2. The SMILES string of the molecule is O=C(C1CCCC1)N1CCC[C@H](C(=O)N2CCCC2)C1. The summed E-state index contributed by atoms with van der Waals surface area (Å²) >= 11 is 0. The molecule has 0 spiro atoms. The summed E-state index contributed by atoms with van der Waals surface area (Å²) in [6.45, 7) is 3.38. The highest BCUT2D eigenvalue weighted by Gasteiger charge is 2.34. The topological polar surface area (TPSA) is 40.6 Å². The molecule has 1 saturated carbocycles. The summed E-state index contributed by atoms with van der Waals surface area (Å²) in [5.74, 6) is 0.927. The van der Waals surface area contributed by atoms with E-state index < -0.39 is 0 Å². The van der Waals surface area contributed by atoms with Crippen LogP contribution in [0.4, 0.5) is 0 Å². The minimum Gasteiger partial charge on any atom is -0.342 e. The zero-order valence-electron chi connectivity index (χ0n) is 12.4. The van der Waals surface area contributed by atoms with Crippen molar-refractivity contribution < 1.29 is 9.59 Å². The Morgan fingerprint density at radius 1 is 0.650 bits per heavy atom. The molecule has 3 fully saturated rings. The molecule has 112 valence electrons. The lowest BCUT2D eigenvalue weighted by molar-refractivity contribution is -0.142. The van der Waals surface area contributed by atoms with Crippen molar-refractivity contribution in [1.29, 1.82) is 0 Å². The smallest absolute Gasteiger partial charge is 0.227 e. The van der Waals surface area contributed by atoms with Crippen LogP contribution >= 0.6 is 0 Å². The summed E-state index contributed by atoms with van der Waals surface area (Å²) in [5.41, 5.74) is 0. The highest BCUT2D eigenvalue weighted by atomic mass is 16.2. The first-order valence-corrected chi connectivity index (χ1v) is 8.33. The van der Waals surface area contributed by atoms with Crippen molar-refractivity contribution >= 4 is 11.8 Å². The van der Waals surface area contributed by atoms with Gasteiger partial charge in [0, 0.05) is 32.1 Å². The predicted octanol–water partition coefficient (Wildman–Crippen LogP) is 2.04. The molecule has 2 aliphatic heterocycles. The molecule has 2 saturated heterocycles. The van der Waals surface area contributed by atoms with E-state index in [4.69, 9.17) is 0 Å². The lowest BCUT2D eigenvalue weighted by atomic mass is 9.95. The minimum absolute atomic E-state index is 0.0622. The van der Waals surface area contributed by atoms with Gasteiger partial charge in [-0.2, -0.15) is 0 Å². The number of amides is 2. The van der Waals surface area contributed by atoms with Crippen LogP contribution in [0, 0.1) is 11.8 Å². The number of rotatable bonds is 2. The third-order valence-corrected chi connectivity index (χ3v) is 5.20. The van der Waals surface area contributed by atoms with E-state index in [0.29, 0.717) is 18.4 Å². The fourth-order valence-corrected chi connectivity index (χ4v) is 4.01. The number of likely N-dealkylation sites (tertiary alicyclic amines) is 2. The van der Waals surface area contributed by atoms with Crippen molar-refractivity contribution in [2.24, 2.45) is 11.8 Å². The van der Waals surface area contributed by atoms with Gasteiger partial charge in [-0.15, -0.1) is 0 Å². The summed E-state index contributed by atoms with van der Waals surface area (Å²) in [4.78, 5) is 29.0. The lowest BCUT2D eigenvalue weighted by Crippen LogP contribution is -2.47. The van der Waals surface area contributed by atoms with Gasteiger partial charge in [0.05, 0.1) is 5.92 Å². The van der Waals surface area contributed by atoms with E-state index in [1.165, 1.54) is 12.8 Å². The van der Waals surface area contributed by atoms with Gasteiger partial charge >= 0.3 is 0 Å². The highest BCUT2D eigenvalue weighted by Crippen LogP contribution is 2.29. The molecule has 3 aliphatic rings. The molecule has 3 rings (SSSR count). The van der Waals surface area contributed by atoms with Crippen molar-refractivity contribution in [1.82, 2.24) is 9.80 Å². The first-order chi connectivity index (χ1) is 9.75.